The summed E-state index contributed by atoms with van der Waals surface area (Å²) in [7, 11) is 0. The normalized spacial score (nSPS) is 17.7. The van der Waals surface area contributed by atoms with E-state index >= 15 is 0 Å². The van der Waals surface area contributed by atoms with Gasteiger partial charge in [0.2, 0.25) is 5.91 Å². The van der Waals surface area contributed by atoms with Gasteiger partial charge in [0.15, 0.2) is 0 Å². The molecule has 0 aromatic carbocycles. The van der Waals surface area contributed by atoms with Gasteiger partial charge in [-0.15, -0.1) is 5.06 Å². The maximum atomic E-state index is 11.4. The third kappa shape index (κ3) is 3.24. The molecule has 2 aliphatic rings. The monoisotopic (exact) mass is 489 g/mol. The molecule has 0 radical (unpaired) electrons. The van der Waals surface area contributed by atoms with Crippen LogP contribution in [-0.2, 0) is 28.8 Å². The molecular formula is C10H7N2O6U-. The van der Waals surface area contributed by atoms with Crippen molar-refractivity contribution < 1.29 is 59.9 Å². The van der Waals surface area contributed by atoms with Gasteiger partial charge in [-0.25, -0.2) is 4.79 Å². The average molecular weight is 489 g/mol. The Kier molecular flexibility index (Phi) is 4.91. The molecule has 0 spiro atoms. The molecule has 8 nitrogen and oxygen atoms in total. The van der Waals surface area contributed by atoms with E-state index < -0.39 is 36.1 Å². The van der Waals surface area contributed by atoms with E-state index in [0.717, 1.165) is 18.6 Å². The zero-order valence-corrected chi connectivity index (χ0v) is 13.7. The molecule has 1 saturated heterocycles. The molecule has 2 aliphatic heterocycles. The first kappa shape index (κ1) is 15.5. The van der Waals surface area contributed by atoms with Gasteiger partial charge in [-0.05, 0) is 0 Å². The largest absolute Gasteiger partial charge is 0.352 e. The number of hydroxylamine groups is 2. The van der Waals surface area contributed by atoms with Crippen LogP contribution in [0.1, 0.15) is 6.42 Å². The predicted octanol–water partition coefficient (Wildman–Crippen LogP) is -1.67. The minimum absolute atomic E-state index is 0. The van der Waals surface area contributed by atoms with Crippen LogP contribution in [0.15, 0.2) is 12.2 Å². The van der Waals surface area contributed by atoms with E-state index in [1.165, 1.54) is 0 Å². The van der Waals surface area contributed by atoms with Gasteiger partial charge in [0.1, 0.15) is 12.5 Å². The number of hydrogen-bond acceptors (Lipinski definition) is 6. The molecule has 2 rings (SSSR count). The van der Waals surface area contributed by atoms with E-state index in [1.807, 2.05) is 0 Å². The summed E-state index contributed by atoms with van der Waals surface area (Å²) in [5.74, 6) is -3.77. The molecule has 0 N–H and O–H groups in total. The number of imide groups is 2. The van der Waals surface area contributed by atoms with Crippen molar-refractivity contribution in [1.29, 1.82) is 0 Å². The molecule has 4 amide bonds. The average Bonchev–Trinajstić information content (AvgIpc) is 2.79. The fraction of sp³-hybridized carbons (Fsp3) is 0.200. The van der Waals surface area contributed by atoms with Crippen LogP contribution in [0.2, 0.25) is 0 Å². The van der Waals surface area contributed by atoms with Gasteiger partial charge in [-0.2, -0.15) is 0 Å². The molecular weight excluding hydrogens is 482 g/mol. The molecule has 9 heteroatoms. The SMILES string of the molecule is O=C(CN1C(=O)C=CC1=O)ON1C(=O)[CH-]CC1=O.[U]. The first-order valence-electron chi connectivity index (χ1n) is 4.93. The topological polar surface area (TPSA) is 101 Å². The molecule has 0 aliphatic carbocycles. The summed E-state index contributed by atoms with van der Waals surface area (Å²) in [6, 6.07) is 0. The first-order chi connectivity index (χ1) is 8.49. The molecule has 0 saturated carbocycles. The quantitative estimate of drug-likeness (QED) is 0.348. The van der Waals surface area contributed by atoms with E-state index in [4.69, 9.17) is 0 Å². The van der Waals surface area contributed by atoms with Gasteiger partial charge < -0.3 is 9.63 Å². The van der Waals surface area contributed by atoms with Crippen LogP contribution in [-0.4, -0.2) is 46.1 Å². The Hall–Kier alpha value is -1.59. The number of rotatable bonds is 3. The van der Waals surface area contributed by atoms with Crippen molar-refractivity contribution in [2.45, 2.75) is 6.42 Å². The second-order valence-corrected chi connectivity index (χ2v) is 3.49. The Bertz CT molecular complexity index is 460. The maximum Gasteiger partial charge on any atom is 0.352 e. The number of hydrogen-bond donors (Lipinski definition) is 0. The summed E-state index contributed by atoms with van der Waals surface area (Å²) >= 11 is 0. The van der Waals surface area contributed by atoms with Crippen LogP contribution in [0.3, 0.4) is 0 Å². The molecule has 98 valence electrons. The third-order valence-corrected chi connectivity index (χ3v) is 2.26. The maximum absolute atomic E-state index is 11.4. The van der Waals surface area contributed by atoms with Crippen LogP contribution >= 0.6 is 0 Å². The Balaban J connectivity index is 0.00000180. The molecule has 0 unspecified atom stereocenters. The molecule has 0 aromatic heterocycles. The predicted molar refractivity (Wildman–Crippen MR) is 52.7 cm³/mol. The third-order valence-electron chi connectivity index (χ3n) is 2.26. The molecule has 0 aromatic rings. The standard InChI is InChI=1S/C10H7N2O6.U/c13-6-1-2-7(14)11(6)5-10(17)18-12-8(15)3-4-9(12)16;/h1-3H,4-5H2;/q-1;. The summed E-state index contributed by atoms with van der Waals surface area (Å²) in [6.07, 6.45) is 2.93. The van der Waals surface area contributed by atoms with Gasteiger partial charge in [-0.1, -0.05) is 6.42 Å². The summed E-state index contributed by atoms with van der Waals surface area (Å²) < 4.78 is 0. The van der Waals surface area contributed by atoms with Crippen LogP contribution in [0.25, 0.3) is 0 Å². The van der Waals surface area contributed by atoms with Crippen LogP contribution in [0.4, 0.5) is 0 Å². The van der Waals surface area contributed by atoms with Gasteiger partial charge in [0.25, 0.3) is 11.8 Å². The van der Waals surface area contributed by atoms with Gasteiger partial charge >= 0.3 is 5.97 Å². The van der Waals surface area contributed by atoms with E-state index in [0.29, 0.717) is 9.96 Å². The fourth-order valence-corrected chi connectivity index (χ4v) is 1.41. The number of carbonyl (C=O) groups is 5. The molecule has 0 atom stereocenters. The number of carbonyl (C=O) groups excluding carboxylic acids is 5. The van der Waals surface area contributed by atoms with E-state index in [2.05, 4.69) is 4.84 Å². The first-order valence-corrected chi connectivity index (χ1v) is 4.93. The van der Waals surface area contributed by atoms with Crippen LogP contribution < -0.4 is 0 Å². The van der Waals surface area contributed by atoms with Crippen molar-refractivity contribution in [1.82, 2.24) is 9.96 Å². The summed E-state index contributed by atoms with van der Waals surface area (Å²) in [4.78, 5) is 61.0. The summed E-state index contributed by atoms with van der Waals surface area (Å²) in [6.45, 7) is -0.651. The van der Waals surface area contributed by atoms with Crippen molar-refractivity contribution in [3.63, 3.8) is 0 Å². The molecule has 2 heterocycles. The fourth-order valence-electron chi connectivity index (χ4n) is 1.41. The minimum Gasteiger partial charge on any atom is -0.331 e. The molecule has 0 bridgehead atoms. The zero-order chi connectivity index (χ0) is 13.3. The Morgan fingerprint density at radius 2 is 1.79 bits per heavy atom. The van der Waals surface area contributed by atoms with Gasteiger partial charge in [-0.3, -0.25) is 25.7 Å². The Morgan fingerprint density at radius 1 is 1.21 bits per heavy atom. The van der Waals surface area contributed by atoms with Crippen molar-refractivity contribution in [2.24, 2.45) is 0 Å². The molecule has 1 fully saturated rings. The van der Waals surface area contributed by atoms with Crippen LogP contribution in [0.5, 0.6) is 0 Å². The van der Waals surface area contributed by atoms with E-state index in [1.54, 1.807) is 0 Å². The zero-order valence-electron chi connectivity index (χ0n) is 9.49. The smallest absolute Gasteiger partial charge is 0.331 e. The summed E-state index contributed by atoms with van der Waals surface area (Å²) in [5, 5.41) is 0.306. The molecule has 19 heavy (non-hydrogen) atoms. The second-order valence-electron chi connectivity index (χ2n) is 3.49. The van der Waals surface area contributed by atoms with Crippen molar-refractivity contribution in [3.8, 4) is 0 Å². The van der Waals surface area contributed by atoms with Gasteiger partial charge in [0, 0.05) is 43.3 Å². The van der Waals surface area contributed by atoms with E-state index in [-0.39, 0.29) is 37.5 Å². The Morgan fingerprint density at radius 3 is 2.26 bits per heavy atom. The van der Waals surface area contributed by atoms with Crippen molar-refractivity contribution in [2.75, 3.05) is 6.54 Å². The summed E-state index contributed by atoms with van der Waals surface area (Å²) in [5.41, 5.74) is 0. The van der Waals surface area contributed by atoms with Gasteiger partial charge in [0.05, 0.1) is 0 Å². The minimum atomic E-state index is -1.04. The van der Waals surface area contributed by atoms with Crippen molar-refractivity contribution >= 4 is 29.6 Å². The van der Waals surface area contributed by atoms with E-state index in [9.17, 15) is 24.0 Å². The second kappa shape index (κ2) is 6.04. The Labute approximate surface area is 131 Å². The number of amides is 4. The van der Waals surface area contributed by atoms with Crippen molar-refractivity contribution in [3.05, 3.63) is 18.6 Å². The van der Waals surface area contributed by atoms with Crippen LogP contribution in [0, 0.1) is 37.5 Å². The number of nitrogens with zero attached hydrogens (tertiary/aromatic N) is 2.